The number of amides is 1. The Labute approximate surface area is 66.2 Å². The van der Waals surface area contributed by atoms with Crippen LogP contribution < -0.4 is 5.32 Å². The molecule has 0 aromatic rings. The van der Waals surface area contributed by atoms with Crippen LogP contribution in [0.5, 0.6) is 0 Å². The van der Waals surface area contributed by atoms with E-state index in [9.17, 15) is 4.79 Å². The minimum Gasteiger partial charge on any atom is -0.311 e. The largest absolute Gasteiger partial charge is 0.311 e. The van der Waals surface area contributed by atoms with Gasteiger partial charge in [-0.15, -0.1) is 0 Å². The van der Waals surface area contributed by atoms with Crippen molar-refractivity contribution in [3.63, 3.8) is 0 Å². The van der Waals surface area contributed by atoms with Gasteiger partial charge in [0, 0.05) is 12.6 Å². The summed E-state index contributed by atoms with van der Waals surface area (Å²) in [6.07, 6.45) is 6.22. The third kappa shape index (κ3) is 2.53. The van der Waals surface area contributed by atoms with E-state index < -0.39 is 0 Å². The SMILES string of the molecule is CCC(=O)NC1=CCCC=N1. The molecule has 0 fully saturated rings. The minimum atomic E-state index is 0.0234. The third-order valence-electron chi connectivity index (χ3n) is 1.45. The number of nitrogens with zero attached hydrogens (tertiary/aromatic N) is 1. The number of hydrogen-bond acceptors (Lipinski definition) is 2. The molecule has 0 saturated carbocycles. The summed E-state index contributed by atoms with van der Waals surface area (Å²) in [6.45, 7) is 1.82. The second-order valence-electron chi connectivity index (χ2n) is 2.38. The van der Waals surface area contributed by atoms with Gasteiger partial charge in [-0.1, -0.05) is 6.92 Å². The molecule has 0 atom stereocenters. The van der Waals surface area contributed by atoms with Crippen LogP contribution in [-0.2, 0) is 4.79 Å². The van der Waals surface area contributed by atoms with Crippen LogP contribution in [0.4, 0.5) is 0 Å². The molecule has 1 amide bonds. The van der Waals surface area contributed by atoms with Crippen LogP contribution in [0.25, 0.3) is 0 Å². The van der Waals surface area contributed by atoms with Gasteiger partial charge in [-0.3, -0.25) is 4.79 Å². The van der Waals surface area contributed by atoms with Crippen molar-refractivity contribution < 1.29 is 4.79 Å². The summed E-state index contributed by atoms with van der Waals surface area (Å²) in [7, 11) is 0. The highest BCUT2D eigenvalue weighted by molar-refractivity contribution is 5.78. The lowest BCUT2D eigenvalue weighted by molar-refractivity contribution is -0.120. The van der Waals surface area contributed by atoms with Crippen LogP contribution >= 0.6 is 0 Å². The summed E-state index contributed by atoms with van der Waals surface area (Å²) in [4.78, 5) is 14.9. The lowest BCUT2D eigenvalue weighted by Crippen LogP contribution is -2.21. The molecular formula is C8H12N2O. The van der Waals surface area contributed by atoms with Gasteiger partial charge in [0.05, 0.1) is 0 Å². The summed E-state index contributed by atoms with van der Waals surface area (Å²) in [5, 5.41) is 2.69. The molecular weight excluding hydrogens is 140 g/mol. The molecule has 0 bridgehead atoms. The number of hydrogen-bond donors (Lipinski definition) is 1. The Hall–Kier alpha value is -1.12. The van der Waals surface area contributed by atoms with Crippen molar-refractivity contribution in [3.05, 3.63) is 11.9 Å². The normalized spacial score (nSPS) is 15.9. The van der Waals surface area contributed by atoms with Crippen LogP contribution in [0, 0.1) is 0 Å². The van der Waals surface area contributed by atoms with Gasteiger partial charge < -0.3 is 5.32 Å². The van der Waals surface area contributed by atoms with Gasteiger partial charge in [0.1, 0.15) is 5.82 Å². The molecule has 1 N–H and O–H groups in total. The van der Waals surface area contributed by atoms with Crippen LogP contribution in [0.1, 0.15) is 26.2 Å². The first-order chi connectivity index (χ1) is 5.33. The first kappa shape index (κ1) is 7.98. The number of nitrogens with one attached hydrogen (secondary N) is 1. The van der Waals surface area contributed by atoms with Gasteiger partial charge in [0.2, 0.25) is 5.91 Å². The van der Waals surface area contributed by atoms with Crippen LogP contribution in [-0.4, -0.2) is 12.1 Å². The second kappa shape index (κ2) is 3.91. The Morgan fingerprint density at radius 2 is 2.55 bits per heavy atom. The Kier molecular flexibility index (Phi) is 2.83. The topological polar surface area (TPSA) is 41.5 Å². The first-order valence-corrected chi connectivity index (χ1v) is 3.85. The second-order valence-corrected chi connectivity index (χ2v) is 2.38. The lowest BCUT2D eigenvalue weighted by atomic mass is 10.3. The molecule has 0 aromatic carbocycles. The molecule has 0 radical (unpaired) electrons. The highest BCUT2D eigenvalue weighted by atomic mass is 16.1. The Bertz CT molecular complexity index is 206. The van der Waals surface area contributed by atoms with Crippen molar-refractivity contribution in [2.75, 3.05) is 0 Å². The maximum absolute atomic E-state index is 10.9. The minimum absolute atomic E-state index is 0.0234. The molecule has 0 spiro atoms. The van der Waals surface area contributed by atoms with E-state index >= 15 is 0 Å². The molecule has 3 heteroatoms. The van der Waals surface area contributed by atoms with Crippen molar-refractivity contribution in [1.29, 1.82) is 0 Å². The average molecular weight is 152 g/mol. The van der Waals surface area contributed by atoms with E-state index in [1.807, 2.05) is 19.2 Å². The number of carbonyl (C=O) groups excluding carboxylic acids is 1. The average Bonchev–Trinajstić information content (AvgIpc) is 2.06. The zero-order chi connectivity index (χ0) is 8.10. The van der Waals surface area contributed by atoms with Crippen LogP contribution in [0.2, 0.25) is 0 Å². The summed E-state index contributed by atoms with van der Waals surface area (Å²) in [5.74, 6) is 0.721. The lowest BCUT2D eigenvalue weighted by Gasteiger charge is -2.06. The highest BCUT2D eigenvalue weighted by Crippen LogP contribution is 2.02. The maximum atomic E-state index is 10.9. The molecule has 0 aromatic heterocycles. The number of aliphatic imine (C=N–C) groups is 1. The molecule has 1 rings (SSSR count). The zero-order valence-electron chi connectivity index (χ0n) is 6.63. The Morgan fingerprint density at radius 3 is 3.09 bits per heavy atom. The smallest absolute Gasteiger partial charge is 0.225 e. The summed E-state index contributed by atoms with van der Waals surface area (Å²) >= 11 is 0. The predicted octanol–water partition coefficient (Wildman–Crippen LogP) is 1.22. The predicted molar refractivity (Wildman–Crippen MR) is 44.2 cm³/mol. The van der Waals surface area contributed by atoms with Crippen molar-refractivity contribution >= 4 is 12.1 Å². The molecule has 0 unspecified atom stereocenters. The van der Waals surface area contributed by atoms with Crippen molar-refractivity contribution in [2.45, 2.75) is 26.2 Å². The van der Waals surface area contributed by atoms with Crippen LogP contribution in [0.15, 0.2) is 16.9 Å². The third-order valence-corrected chi connectivity index (χ3v) is 1.45. The van der Waals surface area contributed by atoms with Gasteiger partial charge in [0.15, 0.2) is 0 Å². The first-order valence-electron chi connectivity index (χ1n) is 3.85. The molecule has 60 valence electrons. The van der Waals surface area contributed by atoms with E-state index in [1.54, 1.807) is 0 Å². The van der Waals surface area contributed by atoms with E-state index in [0.29, 0.717) is 12.2 Å². The Morgan fingerprint density at radius 1 is 1.73 bits per heavy atom. The fraction of sp³-hybridized carbons (Fsp3) is 0.500. The Balaban J connectivity index is 2.42. The molecule has 1 heterocycles. The molecule has 1 aliphatic heterocycles. The zero-order valence-corrected chi connectivity index (χ0v) is 6.63. The van der Waals surface area contributed by atoms with Crippen molar-refractivity contribution in [1.82, 2.24) is 5.32 Å². The molecule has 1 aliphatic rings. The number of allylic oxidation sites excluding steroid dienone is 1. The van der Waals surface area contributed by atoms with Gasteiger partial charge >= 0.3 is 0 Å². The fourth-order valence-corrected chi connectivity index (χ4v) is 0.825. The van der Waals surface area contributed by atoms with E-state index in [1.165, 1.54) is 0 Å². The van der Waals surface area contributed by atoms with E-state index in [0.717, 1.165) is 12.8 Å². The molecule has 11 heavy (non-hydrogen) atoms. The monoisotopic (exact) mass is 152 g/mol. The van der Waals surface area contributed by atoms with Gasteiger partial charge in [0.25, 0.3) is 0 Å². The number of rotatable bonds is 2. The standard InChI is InChI=1S/C8H12N2O/c1-2-8(11)10-7-5-3-4-6-9-7/h5-6H,2-4H2,1H3,(H,10,11). The number of carbonyl (C=O) groups is 1. The van der Waals surface area contributed by atoms with Gasteiger partial charge in [-0.25, -0.2) is 4.99 Å². The van der Waals surface area contributed by atoms with E-state index in [2.05, 4.69) is 10.3 Å². The van der Waals surface area contributed by atoms with E-state index in [-0.39, 0.29) is 5.91 Å². The highest BCUT2D eigenvalue weighted by Gasteiger charge is 2.01. The van der Waals surface area contributed by atoms with Crippen LogP contribution in [0.3, 0.4) is 0 Å². The van der Waals surface area contributed by atoms with Crippen molar-refractivity contribution in [3.8, 4) is 0 Å². The maximum Gasteiger partial charge on any atom is 0.225 e. The van der Waals surface area contributed by atoms with Gasteiger partial charge in [-0.05, 0) is 18.9 Å². The molecule has 0 aliphatic carbocycles. The quantitative estimate of drug-likeness (QED) is 0.635. The fourth-order valence-electron chi connectivity index (χ4n) is 0.825. The van der Waals surface area contributed by atoms with Crippen molar-refractivity contribution in [2.24, 2.45) is 4.99 Å². The summed E-state index contributed by atoms with van der Waals surface area (Å²) in [6, 6.07) is 0. The van der Waals surface area contributed by atoms with E-state index in [4.69, 9.17) is 0 Å². The summed E-state index contributed by atoms with van der Waals surface area (Å²) in [5.41, 5.74) is 0. The van der Waals surface area contributed by atoms with Gasteiger partial charge in [-0.2, -0.15) is 0 Å². The summed E-state index contributed by atoms with van der Waals surface area (Å²) < 4.78 is 0. The molecule has 0 saturated heterocycles. The molecule has 3 nitrogen and oxygen atoms in total.